The summed E-state index contributed by atoms with van der Waals surface area (Å²) in [6.07, 6.45) is 2.07. The molecule has 0 saturated carbocycles. The summed E-state index contributed by atoms with van der Waals surface area (Å²) < 4.78 is 38.8. The van der Waals surface area contributed by atoms with Gasteiger partial charge < -0.3 is 14.6 Å². The minimum absolute atomic E-state index is 0.00257. The van der Waals surface area contributed by atoms with Crippen LogP contribution in [0.15, 0.2) is 35.2 Å². The van der Waals surface area contributed by atoms with Crippen molar-refractivity contribution in [2.45, 2.75) is 24.2 Å². The van der Waals surface area contributed by atoms with Crippen molar-refractivity contribution in [2.24, 2.45) is 0 Å². The lowest BCUT2D eigenvalue weighted by atomic mass is 10.1. The van der Waals surface area contributed by atoms with Gasteiger partial charge >= 0.3 is 5.97 Å². The van der Waals surface area contributed by atoms with Crippen molar-refractivity contribution >= 4 is 21.7 Å². The number of carbonyl (C=O) groups is 1. The van der Waals surface area contributed by atoms with Gasteiger partial charge in [0.15, 0.2) is 0 Å². The summed E-state index contributed by atoms with van der Waals surface area (Å²) in [4.78, 5) is 11.4. The van der Waals surface area contributed by atoms with Crippen LogP contribution in [0.25, 0.3) is 0 Å². The van der Waals surface area contributed by atoms with E-state index in [2.05, 4.69) is 4.72 Å². The van der Waals surface area contributed by atoms with E-state index in [1.165, 1.54) is 26.4 Å². The fourth-order valence-corrected chi connectivity index (χ4v) is 4.52. The molecule has 0 aliphatic heterocycles. The number of aromatic carboxylic acids is 1. The summed E-state index contributed by atoms with van der Waals surface area (Å²) in [6, 6.07) is 7.48. The summed E-state index contributed by atoms with van der Waals surface area (Å²) in [7, 11) is -1.06. The number of anilines is 1. The Balaban J connectivity index is 2.06. The maximum atomic E-state index is 13.0. The number of carboxylic acids is 1. The third-order valence-electron chi connectivity index (χ3n) is 4.36. The molecule has 0 unspecified atom stereocenters. The number of sulfonamides is 1. The number of hydrogen-bond acceptors (Lipinski definition) is 5. The summed E-state index contributed by atoms with van der Waals surface area (Å²) in [5.41, 5.74) is 1.66. The molecule has 2 aromatic carbocycles. The maximum Gasteiger partial charge on any atom is 0.335 e. The number of nitrogens with one attached hydrogen (secondary N) is 1. The van der Waals surface area contributed by atoms with E-state index < -0.39 is 16.0 Å². The fraction of sp³-hybridized carbons (Fsp3) is 0.278. The van der Waals surface area contributed by atoms with Gasteiger partial charge in [-0.05, 0) is 54.7 Å². The lowest BCUT2D eigenvalue weighted by Gasteiger charge is -2.15. The first kappa shape index (κ1) is 18.1. The molecular formula is C18H19NO6S. The molecule has 8 heteroatoms. The van der Waals surface area contributed by atoms with Crippen molar-refractivity contribution in [3.05, 3.63) is 47.0 Å². The van der Waals surface area contributed by atoms with Crippen LogP contribution in [-0.2, 0) is 22.9 Å². The van der Waals surface area contributed by atoms with Crippen molar-refractivity contribution in [2.75, 3.05) is 18.9 Å². The van der Waals surface area contributed by atoms with Crippen LogP contribution >= 0.6 is 0 Å². The Hall–Kier alpha value is -2.74. The standard InChI is InChI=1S/C18H19NO6S/c1-24-13-6-7-15(16(10-13)25-2)19-26(22,23)17-9-12(18(20)21)8-11-4-3-5-14(11)17/h6-10,19H,3-5H2,1-2H3,(H,20,21). The van der Waals surface area contributed by atoms with Crippen LogP contribution in [0, 0.1) is 0 Å². The molecule has 1 aliphatic rings. The van der Waals surface area contributed by atoms with E-state index in [9.17, 15) is 18.3 Å². The zero-order chi connectivity index (χ0) is 18.9. The summed E-state index contributed by atoms with van der Waals surface area (Å²) in [6.45, 7) is 0. The van der Waals surface area contributed by atoms with Gasteiger partial charge in [-0.1, -0.05) is 0 Å². The minimum atomic E-state index is -3.98. The van der Waals surface area contributed by atoms with E-state index in [4.69, 9.17) is 9.47 Å². The lowest BCUT2D eigenvalue weighted by Crippen LogP contribution is -2.17. The van der Waals surface area contributed by atoms with Crippen LogP contribution < -0.4 is 14.2 Å². The SMILES string of the molecule is COc1ccc(NS(=O)(=O)c2cc(C(=O)O)cc3c2CCC3)c(OC)c1. The van der Waals surface area contributed by atoms with Gasteiger partial charge in [-0.3, -0.25) is 4.72 Å². The van der Waals surface area contributed by atoms with E-state index in [0.717, 1.165) is 12.0 Å². The van der Waals surface area contributed by atoms with Gasteiger partial charge in [-0.25, -0.2) is 13.2 Å². The van der Waals surface area contributed by atoms with Gasteiger partial charge in [0.1, 0.15) is 11.5 Å². The van der Waals surface area contributed by atoms with E-state index >= 15 is 0 Å². The van der Waals surface area contributed by atoms with Gasteiger partial charge in [-0.2, -0.15) is 0 Å². The number of ether oxygens (including phenoxy) is 2. The van der Waals surface area contributed by atoms with Crippen LogP contribution in [0.2, 0.25) is 0 Å². The van der Waals surface area contributed by atoms with E-state index in [0.29, 0.717) is 29.9 Å². The molecule has 1 aliphatic carbocycles. The second kappa shape index (κ2) is 6.87. The number of hydrogen-bond donors (Lipinski definition) is 2. The second-order valence-electron chi connectivity index (χ2n) is 5.94. The van der Waals surface area contributed by atoms with E-state index in [-0.39, 0.29) is 16.1 Å². The zero-order valence-electron chi connectivity index (χ0n) is 14.4. The molecule has 2 aromatic rings. The second-order valence-corrected chi connectivity index (χ2v) is 7.59. The smallest absolute Gasteiger partial charge is 0.335 e. The Kier molecular flexibility index (Phi) is 4.78. The fourth-order valence-electron chi connectivity index (χ4n) is 3.11. The van der Waals surface area contributed by atoms with Gasteiger partial charge in [0.25, 0.3) is 10.0 Å². The number of benzene rings is 2. The average molecular weight is 377 g/mol. The highest BCUT2D eigenvalue weighted by Gasteiger charge is 2.27. The molecule has 0 bridgehead atoms. The van der Waals surface area contributed by atoms with Crippen LogP contribution in [0.1, 0.15) is 27.9 Å². The predicted molar refractivity (Wildman–Crippen MR) is 95.8 cm³/mol. The highest BCUT2D eigenvalue weighted by Crippen LogP contribution is 2.34. The van der Waals surface area contributed by atoms with Crippen molar-refractivity contribution < 1.29 is 27.8 Å². The van der Waals surface area contributed by atoms with Crippen LogP contribution in [0.3, 0.4) is 0 Å². The van der Waals surface area contributed by atoms with Gasteiger partial charge in [-0.15, -0.1) is 0 Å². The molecule has 0 atom stereocenters. The molecule has 26 heavy (non-hydrogen) atoms. The Morgan fingerprint density at radius 1 is 1.12 bits per heavy atom. The topological polar surface area (TPSA) is 102 Å². The summed E-state index contributed by atoms with van der Waals surface area (Å²) in [5, 5.41) is 9.29. The predicted octanol–water partition coefficient (Wildman–Crippen LogP) is 2.69. The summed E-state index contributed by atoms with van der Waals surface area (Å²) in [5.74, 6) is -0.323. The monoisotopic (exact) mass is 377 g/mol. The Morgan fingerprint density at radius 3 is 2.54 bits per heavy atom. The third kappa shape index (κ3) is 3.32. The van der Waals surface area contributed by atoms with Crippen molar-refractivity contribution in [1.82, 2.24) is 0 Å². The molecule has 0 saturated heterocycles. The maximum absolute atomic E-state index is 13.0. The van der Waals surface area contributed by atoms with E-state index in [1.807, 2.05) is 0 Å². The number of aryl methyl sites for hydroxylation is 1. The Morgan fingerprint density at radius 2 is 1.88 bits per heavy atom. The molecule has 0 heterocycles. The van der Waals surface area contributed by atoms with Crippen LogP contribution in [0.4, 0.5) is 5.69 Å². The molecule has 0 aromatic heterocycles. The quantitative estimate of drug-likeness (QED) is 0.802. The number of methoxy groups -OCH3 is 2. The van der Waals surface area contributed by atoms with Gasteiger partial charge in [0.05, 0.1) is 30.4 Å². The Labute approximate surface area is 151 Å². The third-order valence-corrected chi connectivity index (χ3v) is 5.80. The van der Waals surface area contributed by atoms with Gasteiger partial charge in [0, 0.05) is 6.07 Å². The molecule has 2 N–H and O–H groups in total. The first-order valence-electron chi connectivity index (χ1n) is 7.99. The van der Waals surface area contributed by atoms with Crippen molar-refractivity contribution in [1.29, 1.82) is 0 Å². The highest BCUT2D eigenvalue weighted by molar-refractivity contribution is 7.92. The largest absolute Gasteiger partial charge is 0.497 e. The molecule has 0 amide bonds. The normalized spacial score (nSPS) is 13.2. The van der Waals surface area contributed by atoms with Gasteiger partial charge in [0.2, 0.25) is 0 Å². The number of fused-ring (bicyclic) bond motifs is 1. The molecule has 0 radical (unpaired) electrons. The molecule has 0 spiro atoms. The van der Waals surface area contributed by atoms with Crippen LogP contribution in [-0.4, -0.2) is 33.7 Å². The number of carboxylic acid groups (broad SMARTS) is 1. The van der Waals surface area contributed by atoms with Crippen molar-refractivity contribution in [3.8, 4) is 11.5 Å². The number of rotatable bonds is 6. The lowest BCUT2D eigenvalue weighted by molar-refractivity contribution is 0.0696. The molecular weight excluding hydrogens is 358 g/mol. The molecule has 0 fully saturated rings. The summed E-state index contributed by atoms with van der Waals surface area (Å²) >= 11 is 0. The van der Waals surface area contributed by atoms with Crippen LogP contribution in [0.5, 0.6) is 11.5 Å². The minimum Gasteiger partial charge on any atom is -0.497 e. The first-order chi connectivity index (χ1) is 12.4. The molecule has 7 nitrogen and oxygen atoms in total. The average Bonchev–Trinajstić information content (AvgIpc) is 3.09. The first-order valence-corrected chi connectivity index (χ1v) is 9.48. The Bertz CT molecular complexity index is 968. The molecule has 138 valence electrons. The van der Waals surface area contributed by atoms with E-state index in [1.54, 1.807) is 18.2 Å². The molecule has 3 rings (SSSR count). The zero-order valence-corrected chi connectivity index (χ0v) is 15.2. The van der Waals surface area contributed by atoms with Crippen molar-refractivity contribution in [3.63, 3.8) is 0 Å². The highest BCUT2D eigenvalue weighted by atomic mass is 32.2.